The summed E-state index contributed by atoms with van der Waals surface area (Å²) in [7, 11) is 1.85. The van der Waals surface area contributed by atoms with E-state index < -0.39 is 0 Å². The molecule has 1 fully saturated rings. The van der Waals surface area contributed by atoms with Gasteiger partial charge in [-0.25, -0.2) is 0 Å². The van der Waals surface area contributed by atoms with E-state index in [-0.39, 0.29) is 12.0 Å². The first-order valence-electron chi connectivity index (χ1n) is 6.72. The second-order valence-corrected chi connectivity index (χ2v) is 5.57. The van der Waals surface area contributed by atoms with E-state index in [0.717, 1.165) is 30.3 Å². The van der Waals surface area contributed by atoms with Crippen molar-refractivity contribution in [3.8, 4) is 0 Å². The van der Waals surface area contributed by atoms with E-state index in [9.17, 15) is 4.79 Å². The Balaban J connectivity index is 1.93. The Bertz CT molecular complexity index is 413. The highest BCUT2D eigenvalue weighted by Crippen LogP contribution is 2.15. The summed E-state index contributed by atoms with van der Waals surface area (Å²) in [5.74, 6) is 0.0651. The summed E-state index contributed by atoms with van der Waals surface area (Å²) in [5.41, 5.74) is 1.91. The number of ether oxygens (including phenoxy) is 1. The zero-order valence-electron chi connectivity index (χ0n) is 11.3. The van der Waals surface area contributed by atoms with E-state index in [1.54, 1.807) is 4.90 Å². The maximum atomic E-state index is 12.3. The lowest BCUT2D eigenvalue weighted by atomic mass is 10.1. The van der Waals surface area contributed by atoms with Crippen molar-refractivity contribution >= 4 is 21.8 Å². The molecular formula is C15H20BrNO2. The van der Waals surface area contributed by atoms with Crippen LogP contribution in [0.2, 0.25) is 0 Å². The molecule has 1 aromatic rings. The Labute approximate surface area is 123 Å². The summed E-state index contributed by atoms with van der Waals surface area (Å²) in [6, 6.07) is 7.73. The third-order valence-electron chi connectivity index (χ3n) is 3.45. The van der Waals surface area contributed by atoms with Crippen molar-refractivity contribution < 1.29 is 9.53 Å². The average Bonchev–Trinajstić information content (AvgIpc) is 2.47. The first-order valence-corrected chi connectivity index (χ1v) is 7.85. The number of carbonyl (C=O) groups excluding carboxylic acids is 1. The fourth-order valence-electron chi connectivity index (χ4n) is 2.30. The second-order valence-electron chi connectivity index (χ2n) is 5.00. The minimum atomic E-state index is 0.0651. The molecule has 3 nitrogen and oxygen atoms in total. The van der Waals surface area contributed by atoms with Crippen molar-refractivity contribution in [2.24, 2.45) is 0 Å². The van der Waals surface area contributed by atoms with Crippen LogP contribution in [0.1, 0.15) is 35.2 Å². The molecule has 0 radical (unpaired) electrons. The van der Waals surface area contributed by atoms with Crippen molar-refractivity contribution in [2.75, 3.05) is 20.2 Å². The van der Waals surface area contributed by atoms with Gasteiger partial charge in [0.2, 0.25) is 0 Å². The molecule has 4 heteroatoms. The van der Waals surface area contributed by atoms with Gasteiger partial charge in [-0.3, -0.25) is 4.79 Å². The van der Waals surface area contributed by atoms with Crippen molar-refractivity contribution in [2.45, 2.75) is 30.7 Å². The van der Waals surface area contributed by atoms with Crippen LogP contribution < -0.4 is 0 Å². The molecule has 1 amide bonds. The van der Waals surface area contributed by atoms with Gasteiger partial charge >= 0.3 is 0 Å². The Kier molecular flexibility index (Phi) is 5.40. The van der Waals surface area contributed by atoms with Crippen molar-refractivity contribution in [1.82, 2.24) is 4.90 Å². The minimum Gasteiger partial charge on any atom is -0.376 e. The molecule has 0 bridgehead atoms. The molecule has 0 saturated carbocycles. The topological polar surface area (TPSA) is 29.5 Å². The fraction of sp³-hybridized carbons (Fsp3) is 0.533. The first kappa shape index (κ1) is 14.5. The number of hydrogen-bond donors (Lipinski definition) is 0. The van der Waals surface area contributed by atoms with Crippen LogP contribution in [-0.4, -0.2) is 37.1 Å². The van der Waals surface area contributed by atoms with Gasteiger partial charge in [-0.1, -0.05) is 28.1 Å². The third-order valence-corrected chi connectivity index (χ3v) is 4.10. The molecular weight excluding hydrogens is 306 g/mol. The number of rotatable bonds is 4. The summed E-state index contributed by atoms with van der Waals surface area (Å²) >= 11 is 3.40. The molecule has 1 saturated heterocycles. The van der Waals surface area contributed by atoms with Crippen LogP contribution in [0.25, 0.3) is 0 Å². The Hall–Kier alpha value is -0.870. The zero-order valence-corrected chi connectivity index (χ0v) is 12.9. The molecule has 1 aromatic carbocycles. The van der Waals surface area contributed by atoms with E-state index in [4.69, 9.17) is 4.74 Å². The molecule has 1 aliphatic heterocycles. The van der Waals surface area contributed by atoms with Gasteiger partial charge in [-0.15, -0.1) is 0 Å². The van der Waals surface area contributed by atoms with Crippen LogP contribution in [0.15, 0.2) is 24.3 Å². The van der Waals surface area contributed by atoms with Gasteiger partial charge in [0.1, 0.15) is 0 Å². The lowest BCUT2D eigenvalue weighted by Crippen LogP contribution is -2.37. The van der Waals surface area contributed by atoms with Crippen LogP contribution >= 0.6 is 15.9 Å². The van der Waals surface area contributed by atoms with Crippen molar-refractivity contribution in [3.05, 3.63) is 35.4 Å². The SMILES string of the molecule is CN(CC1CCCCO1)C(=O)c1ccc(CBr)cc1. The average molecular weight is 326 g/mol. The van der Waals surface area contributed by atoms with Gasteiger partial charge in [0.15, 0.2) is 0 Å². The summed E-state index contributed by atoms with van der Waals surface area (Å²) in [6.07, 6.45) is 3.60. The molecule has 104 valence electrons. The van der Waals surface area contributed by atoms with E-state index in [2.05, 4.69) is 15.9 Å². The number of alkyl halides is 1. The second kappa shape index (κ2) is 7.06. The maximum absolute atomic E-state index is 12.3. The Morgan fingerprint density at radius 3 is 2.68 bits per heavy atom. The normalized spacial score (nSPS) is 19.2. The van der Waals surface area contributed by atoms with Gasteiger partial charge < -0.3 is 9.64 Å². The standard InChI is InChI=1S/C15H20BrNO2/c1-17(11-14-4-2-3-9-19-14)15(18)13-7-5-12(10-16)6-8-13/h5-8,14H,2-4,9-11H2,1H3. The summed E-state index contributed by atoms with van der Waals surface area (Å²) in [5, 5.41) is 0.813. The highest BCUT2D eigenvalue weighted by atomic mass is 79.9. The van der Waals surface area contributed by atoms with Gasteiger partial charge in [0.05, 0.1) is 6.10 Å². The maximum Gasteiger partial charge on any atom is 0.253 e. The molecule has 19 heavy (non-hydrogen) atoms. The van der Waals surface area contributed by atoms with Crippen LogP contribution in [0.4, 0.5) is 0 Å². The molecule has 0 N–H and O–H groups in total. The van der Waals surface area contributed by atoms with Crippen molar-refractivity contribution in [3.63, 3.8) is 0 Å². The molecule has 0 spiro atoms. The number of benzene rings is 1. The predicted molar refractivity (Wildman–Crippen MR) is 79.6 cm³/mol. The number of amides is 1. The number of halogens is 1. The highest BCUT2D eigenvalue weighted by molar-refractivity contribution is 9.08. The minimum absolute atomic E-state index is 0.0651. The van der Waals surface area contributed by atoms with Gasteiger partial charge in [-0.05, 0) is 37.0 Å². The van der Waals surface area contributed by atoms with E-state index in [0.29, 0.717) is 6.54 Å². The lowest BCUT2D eigenvalue weighted by Gasteiger charge is -2.27. The van der Waals surface area contributed by atoms with Crippen molar-refractivity contribution in [1.29, 1.82) is 0 Å². The molecule has 1 atom stereocenters. The monoisotopic (exact) mass is 325 g/mol. The molecule has 1 heterocycles. The summed E-state index contributed by atoms with van der Waals surface area (Å²) < 4.78 is 5.67. The molecule has 1 unspecified atom stereocenters. The molecule has 0 aliphatic carbocycles. The van der Waals surface area contributed by atoms with E-state index in [1.165, 1.54) is 12.0 Å². The van der Waals surface area contributed by atoms with Crippen LogP contribution in [0.5, 0.6) is 0 Å². The number of nitrogens with zero attached hydrogens (tertiary/aromatic N) is 1. The predicted octanol–water partition coefficient (Wildman–Crippen LogP) is 3.22. The highest BCUT2D eigenvalue weighted by Gasteiger charge is 2.19. The van der Waals surface area contributed by atoms with Crippen LogP contribution in [-0.2, 0) is 10.1 Å². The number of likely N-dealkylation sites (N-methyl/N-ethyl adjacent to an activating group) is 1. The summed E-state index contributed by atoms with van der Waals surface area (Å²) in [6.45, 7) is 1.51. The Morgan fingerprint density at radius 2 is 2.11 bits per heavy atom. The molecule has 1 aliphatic rings. The number of hydrogen-bond acceptors (Lipinski definition) is 2. The fourth-order valence-corrected chi connectivity index (χ4v) is 2.67. The first-order chi connectivity index (χ1) is 9.20. The van der Waals surface area contributed by atoms with Gasteiger partial charge in [0.25, 0.3) is 5.91 Å². The zero-order chi connectivity index (χ0) is 13.7. The lowest BCUT2D eigenvalue weighted by molar-refractivity contribution is -0.000187. The van der Waals surface area contributed by atoms with Crippen LogP contribution in [0.3, 0.4) is 0 Å². The van der Waals surface area contributed by atoms with Gasteiger partial charge in [-0.2, -0.15) is 0 Å². The van der Waals surface area contributed by atoms with Gasteiger partial charge in [0, 0.05) is 31.1 Å². The quantitative estimate of drug-likeness (QED) is 0.795. The summed E-state index contributed by atoms with van der Waals surface area (Å²) in [4.78, 5) is 14.0. The van der Waals surface area contributed by atoms with E-state index >= 15 is 0 Å². The third kappa shape index (κ3) is 4.05. The Morgan fingerprint density at radius 1 is 1.37 bits per heavy atom. The van der Waals surface area contributed by atoms with Crippen LogP contribution in [0, 0.1) is 0 Å². The van der Waals surface area contributed by atoms with E-state index in [1.807, 2.05) is 31.3 Å². The largest absolute Gasteiger partial charge is 0.376 e. The smallest absolute Gasteiger partial charge is 0.253 e. The molecule has 2 rings (SSSR count). The molecule has 0 aromatic heterocycles. The number of carbonyl (C=O) groups is 1.